The average molecular weight is 350 g/mol. The van der Waals surface area contributed by atoms with Crippen molar-refractivity contribution in [1.29, 1.82) is 0 Å². The van der Waals surface area contributed by atoms with Gasteiger partial charge in [-0.3, -0.25) is 9.78 Å². The number of nitrogens with one attached hydrogen (secondary N) is 2. The minimum absolute atomic E-state index is 0.102. The van der Waals surface area contributed by atoms with Gasteiger partial charge >= 0.3 is 0 Å². The molecule has 0 spiro atoms. The molecule has 2 heterocycles. The van der Waals surface area contributed by atoms with Gasteiger partial charge in [-0.2, -0.15) is 5.10 Å². The Morgan fingerprint density at radius 1 is 1.15 bits per heavy atom. The van der Waals surface area contributed by atoms with E-state index in [1.807, 2.05) is 28.9 Å². The summed E-state index contributed by atoms with van der Waals surface area (Å²) in [6.45, 7) is 5.27. The molecule has 2 aromatic heterocycles. The van der Waals surface area contributed by atoms with Crippen molar-refractivity contribution in [3.8, 4) is 11.4 Å². The zero-order chi connectivity index (χ0) is 18.4. The van der Waals surface area contributed by atoms with Gasteiger partial charge in [0.05, 0.1) is 5.69 Å². The van der Waals surface area contributed by atoms with E-state index in [-0.39, 0.29) is 11.9 Å². The first kappa shape index (κ1) is 17.6. The molecular formula is C19H22N6O. The van der Waals surface area contributed by atoms with Gasteiger partial charge in [0.15, 0.2) is 5.82 Å². The van der Waals surface area contributed by atoms with Gasteiger partial charge < -0.3 is 10.6 Å². The maximum absolute atomic E-state index is 12.2. The maximum Gasteiger partial charge on any atom is 0.251 e. The van der Waals surface area contributed by atoms with Crippen molar-refractivity contribution in [3.63, 3.8) is 0 Å². The lowest BCUT2D eigenvalue weighted by atomic mass is 10.1. The number of pyridine rings is 1. The molecule has 0 radical (unpaired) electrons. The molecular weight excluding hydrogens is 328 g/mol. The highest BCUT2D eigenvalue weighted by molar-refractivity contribution is 5.94. The molecule has 0 saturated carbocycles. The van der Waals surface area contributed by atoms with Crippen LogP contribution in [0, 0.1) is 0 Å². The van der Waals surface area contributed by atoms with E-state index in [1.165, 1.54) is 0 Å². The van der Waals surface area contributed by atoms with Crippen LogP contribution < -0.4 is 10.6 Å². The summed E-state index contributed by atoms with van der Waals surface area (Å²) in [5, 5.41) is 10.3. The van der Waals surface area contributed by atoms with Gasteiger partial charge in [0.1, 0.15) is 6.33 Å². The highest BCUT2D eigenvalue weighted by atomic mass is 16.1. The number of aromatic nitrogens is 4. The number of rotatable bonds is 7. The lowest BCUT2D eigenvalue weighted by molar-refractivity contribution is 0.0955. The average Bonchev–Trinajstić information content (AvgIpc) is 3.16. The van der Waals surface area contributed by atoms with Gasteiger partial charge in [-0.15, -0.1) is 0 Å². The van der Waals surface area contributed by atoms with Gasteiger partial charge in [-0.05, 0) is 38.1 Å². The highest BCUT2D eigenvalue weighted by Gasteiger charge is 2.11. The molecule has 1 aromatic carbocycles. The molecule has 26 heavy (non-hydrogen) atoms. The summed E-state index contributed by atoms with van der Waals surface area (Å²) in [5.41, 5.74) is 2.48. The summed E-state index contributed by atoms with van der Waals surface area (Å²) in [5.74, 6) is 0.697. The second kappa shape index (κ2) is 8.24. The fourth-order valence-corrected chi connectivity index (χ4v) is 2.56. The summed E-state index contributed by atoms with van der Waals surface area (Å²) in [6, 6.07) is 11.4. The van der Waals surface area contributed by atoms with Crippen molar-refractivity contribution in [2.24, 2.45) is 0 Å². The summed E-state index contributed by atoms with van der Waals surface area (Å²) >= 11 is 0. The van der Waals surface area contributed by atoms with E-state index < -0.39 is 0 Å². The molecule has 0 aliphatic rings. The monoisotopic (exact) mass is 350 g/mol. The number of nitrogens with zero attached hydrogens (tertiary/aromatic N) is 4. The Morgan fingerprint density at radius 3 is 2.65 bits per heavy atom. The molecule has 3 rings (SSSR count). The molecule has 134 valence electrons. The summed E-state index contributed by atoms with van der Waals surface area (Å²) < 4.78 is 1.86. The molecule has 0 aliphatic carbocycles. The first-order valence-electron chi connectivity index (χ1n) is 8.57. The molecule has 7 nitrogen and oxygen atoms in total. The van der Waals surface area contributed by atoms with E-state index in [0.29, 0.717) is 18.7 Å². The lowest BCUT2D eigenvalue weighted by Gasteiger charge is -2.10. The van der Waals surface area contributed by atoms with Crippen LogP contribution in [0.2, 0.25) is 0 Å². The lowest BCUT2D eigenvalue weighted by Crippen LogP contribution is -2.28. The molecule has 0 atom stereocenters. The third-order valence-electron chi connectivity index (χ3n) is 3.87. The van der Waals surface area contributed by atoms with Crippen LogP contribution in [0.1, 0.15) is 30.2 Å². The largest absolute Gasteiger partial charge is 0.382 e. The van der Waals surface area contributed by atoms with Crippen molar-refractivity contribution in [2.75, 3.05) is 18.4 Å². The molecule has 3 aromatic rings. The van der Waals surface area contributed by atoms with E-state index in [4.69, 9.17) is 0 Å². The number of hydrogen-bond acceptors (Lipinski definition) is 5. The van der Waals surface area contributed by atoms with Crippen molar-refractivity contribution >= 4 is 11.6 Å². The Bertz CT molecular complexity index is 842. The van der Waals surface area contributed by atoms with E-state index >= 15 is 0 Å². The topological polar surface area (TPSA) is 84.7 Å². The second-order valence-corrected chi connectivity index (χ2v) is 6.12. The van der Waals surface area contributed by atoms with Crippen LogP contribution >= 0.6 is 0 Å². The molecule has 0 aliphatic heterocycles. The SMILES string of the molecule is CC(C)n1ncnc1-c1ccc(C(=O)NCCNc2cccnc2)cc1. The zero-order valence-electron chi connectivity index (χ0n) is 14.9. The Hall–Kier alpha value is -3.22. The van der Waals surface area contributed by atoms with Gasteiger partial charge in [0, 0.05) is 42.7 Å². The van der Waals surface area contributed by atoms with Crippen LogP contribution in [0.5, 0.6) is 0 Å². The maximum atomic E-state index is 12.2. The van der Waals surface area contributed by atoms with Crippen LogP contribution in [0.4, 0.5) is 5.69 Å². The van der Waals surface area contributed by atoms with Crippen LogP contribution in [-0.4, -0.2) is 38.7 Å². The van der Waals surface area contributed by atoms with Crippen LogP contribution in [0.3, 0.4) is 0 Å². The molecule has 7 heteroatoms. The fraction of sp³-hybridized carbons (Fsp3) is 0.263. The summed E-state index contributed by atoms with van der Waals surface area (Å²) in [4.78, 5) is 20.6. The molecule has 0 bridgehead atoms. The minimum Gasteiger partial charge on any atom is -0.382 e. The molecule has 0 saturated heterocycles. The minimum atomic E-state index is -0.102. The Morgan fingerprint density at radius 2 is 1.96 bits per heavy atom. The molecule has 1 amide bonds. The Labute approximate surface area is 152 Å². The van der Waals surface area contributed by atoms with Crippen molar-refractivity contribution in [2.45, 2.75) is 19.9 Å². The normalized spacial score (nSPS) is 10.7. The number of carbonyl (C=O) groups is 1. The smallest absolute Gasteiger partial charge is 0.251 e. The fourth-order valence-electron chi connectivity index (χ4n) is 2.56. The van der Waals surface area contributed by atoms with Gasteiger partial charge in [0.25, 0.3) is 5.91 Å². The number of benzene rings is 1. The van der Waals surface area contributed by atoms with Gasteiger partial charge in [-0.25, -0.2) is 9.67 Å². The predicted octanol–water partition coefficient (Wildman–Crippen LogP) is 2.76. The Kier molecular flexibility index (Phi) is 5.58. The van der Waals surface area contributed by atoms with Gasteiger partial charge in [0.2, 0.25) is 0 Å². The molecule has 2 N–H and O–H groups in total. The van der Waals surface area contributed by atoms with Crippen molar-refractivity contribution < 1.29 is 4.79 Å². The quantitative estimate of drug-likeness (QED) is 0.640. The predicted molar refractivity (Wildman–Crippen MR) is 101 cm³/mol. The van der Waals surface area contributed by atoms with E-state index in [0.717, 1.165) is 17.1 Å². The third-order valence-corrected chi connectivity index (χ3v) is 3.87. The van der Waals surface area contributed by atoms with Crippen molar-refractivity contribution in [3.05, 3.63) is 60.7 Å². The standard InChI is InChI=1S/C19H22N6O/c1-14(2)25-18(23-13-24-25)15-5-7-16(8-6-15)19(26)22-11-10-21-17-4-3-9-20-12-17/h3-9,12-14,21H,10-11H2,1-2H3,(H,22,26). The molecule has 0 unspecified atom stereocenters. The van der Waals surface area contributed by atoms with E-state index in [9.17, 15) is 4.79 Å². The second-order valence-electron chi connectivity index (χ2n) is 6.12. The number of hydrogen-bond donors (Lipinski definition) is 2. The third kappa shape index (κ3) is 4.24. The highest BCUT2D eigenvalue weighted by Crippen LogP contribution is 2.20. The first-order valence-corrected chi connectivity index (χ1v) is 8.57. The summed E-state index contributed by atoms with van der Waals surface area (Å²) in [7, 11) is 0. The van der Waals surface area contributed by atoms with Gasteiger partial charge in [-0.1, -0.05) is 12.1 Å². The van der Waals surface area contributed by atoms with Crippen LogP contribution in [-0.2, 0) is 0 Å². The van der Waals surface area contributed by atoms with Crippen LogP contribution in [0.25, 0.3) is 11.4 Å². The Balaban J connectivity index is 1.54. The number of anilines is 1. The molecule has 0 fully saturated rings. The van der Waals surface area contributed by atoms with E-state index in [1.54, 1.807) is 30.9 Å². The number of carbonyl (C=O) groups excluding carboxylic acids is 1. The summed E-state index contributed by atoms with van der Waals surface area (Å²) in [6.07, 6.45) is 5.02. The van der Waals surface area contributed by atoms with E-state index in [2.05, 4.69) is 39.5 Å². The van der Waals surface area contributed by atoms with Crippen molar-refractivity contribution in [1.82, 2.24) is 25.1 Å². The first-order chi connectivity index (χ1) is 12.6. The zero-order valence-corrected chi connectivity index (χ0v) is 14.9. The number of amides is 1. The van der Waals surface area contributed by atoms with Crippen LogP contribution in [0.15, 0.2) is 55.1 Å².